The lowest BCUT2D eigenvalue weighted by molar-refractivity contribution is 1.06. The van der Waals surface area contributed by atoms with Crippen LogP contribution < -0.4 is 5.32 Å². The monoisotopic (exact) mass is 236 g/mol. The van der Waals surface area contributed by atoms with E-state index in [0.29, 0.717) is 0 Å². The number of hydrogen-bond donors (Lipinski definition) is 1. The number of nitrogens with one attached hydrogen (secondary N) is 1. The predicted octanol–water partition coefficient (Wildman–Crippen LogP) is 3.01. The topological polar surface area (TPSA) is 42.7 Å². The summed E-state index contributed by atoms with van der Waals surface area (Å²) >= 11 is 0. The summed E-state index contributed by atoms with van der Waals surface area (Å²) in [6, 6.07) is 18.2. The van der Waals surface area contributed by atoms with Gasteiger partial charge in [-0.15, -0.1) is 10.2 Å². The Hall–Kier alpha value is -2.62. The van der Waals surface area contributed by atoms with Gasteiger partial charge in [0.1, 0.15) is 12.7 Å². The minimum absolute atomic E-state index is 1.04. The van der Waals surface area contributed by atoms with E-state index in [4.69, 9.17) is 0 Å². The van der Waals surface area contributed by atoms with Gasteiger partial charge in [0.05, 0.1) is 0 Å². The van der Waals surface area contributed by atoms with Crippen molar-refractivity contribution < 1.29 is 0 Å². The Morgan fingerprint density at radius 2 is 1.33 bits per heavy atom. The fourth-order valence-corrected chi connectivity index (χ4v) is 1.74. The Kier molecular flexibility index (Phi) is 2.75. The summed E-state index contributed by atoms with van der Waals surface area (Å²) in [5.74, 6) is 0. The van der Waals surface area contributed by atoms with E-state index in [1.807, 2.05) is 59.2 Å². The second-order valence-corrected chi connectivity index (χ2v) is 3.91. The molecule has 0 saturated carbocycles. The molecule has 1 aromatic heterocycles. The molecule has 1 heterocycles. The van der Waals surface area contributed by atoms with E-state index in [9.17, 15) is 0 Å². The molecule has 4 nitrogen and oxygen atoms in total. The van der Waals surface area contributed by atoms with Crippen molar-refractivity contribution in [2.45, 2.75) is 0 Å². The molecule has 18 heavy (non-hydrogen) atoms. The molecule has 0 unspecified atom stereocenters. The fourth-order valence-electron chi connectivity index (χ4n) is 1.74. The van der Waals surface area contributed by atoms with Gasteiger partial charge in [-0.05, 0) is 36.4 Å². The molecule has 0 atom stereocenters. The van der Waals surface area contributed by atoms with Crippen LogP contribution in [0, 0.1) is 0 Å². The van der Waals surface area contributed by atoms with Gasteiger partial charge in [-0.3, -0.25) is 4.57 Å². The molecule has 0 aliphatic carbocycles. The lowest BCUT2D eigenvalue weighted by atomic mass is 10.2. The SMILES string of the molecule is c1ccc(Nc2ccc(-n3cnnc3)cc2)cc1. The third-order valence-electron chi connectivity index (χ3n) is 2.65. The van der Waals surface area contributed by atoms with Gasteiger partial charge in [-0.2, -0.15) is 0 Å². The first-order chi connectivity index (χ1) is 8.92. The molecule has 0 bridgehead atoms. The molecule has 0 saturated heterocycles. The molecule has 0 spiro atoms. The second-order valence-electron chi connectivity index (χ2n) is 3.91. The average molecular weight is 236 g/mol. The summed E-state index contributed by atoms with van der Waals surface area (Å²) in [5, 5.41) is 10.9. The maximum atomic E-state index is 3.79. The molecule has 88 valence electrons. The van der Waals surface area contributed by atoms with E-state index < -0.39 is 0 Å². The highest BCUT2D eigenvalue weighted by Gasteiger charge is 1.97. The van der Waals surface area contributed by atoms with Crippen molar-refractivity contribution >= 4 is 11.4 Å². The normalized spacial score (nSPS) is 10.2. The summed E-state index contributed by atoms with van der Waals surface area (Å²) in [6.07, 6.45) is 3.36. The molecule has 0 radical (unpaired) electrons. The molecule has 1 N–H and O–H groups in total. The zero-order valence-corrected chi connectivity index (χ0v) is 9.69. The first kappa shape index (κ1) is 10.5. The van der Waals surface area contributed by atoms with Crippen molar-refractivity contribution in [1.29, 1.82) is 0 Å². The summed E-state index contributed by atoms with van der Waals surface area (Å²) < 4.78 is 1.87. The highest BCUT2D eigenvalue weighted by atomic mass is 15.2. The largest absolute Gasteiger partial charge is 0.356 e. The summed E-state index contributed by atoms with van der Waals surface area (Å²) in [7, 11) is 0. The fraction of sp³-hybridized carbons (Fsp3) is 0. The van der Waals surface area contributed by atoms with Crippen molar-refractivity contribution in [2.24, 2.45) is 0 Å². The lowest BCUT2D eigenvalue weighted by Crippen LogP contribution is -1.92. The average Bonchev–Trinajstić information content (AvgIpc) is 2.95. The minimum Gasteiger partial charge on any atom is -0.356 e. The van der Waals surface area contributed by atoms with E-state index >= 15 is 0 Å². The molecular formula is C14H12N4. The Morgan fingerprint density at radius 3 is 2.00 bits per heavy atom. The van der Waals surface area contributed by atoms with Gasteiger partial charge in [0.2, 0.25) is 0 Å². The van der Waals surface area contributed by atoms with E-state index in [1.165, 1.54) is 0 Å². The smallest absolute Gasteiger partial charge is 0.123 e. The minimum atomic E-state index is 1.04. The second kappa shape index (κ2) is 4.71. The molecule has 3 aromatic rings. The number of hydrogen-bond acceptors (Lipinski definition) is 3. The molecule has 0 aliphatic heterocycles. The molecule has 0 fully saturated rings. The van der Waals surface area contributed by atoms with E-state index in [2.05, 4.69) is 15.5 Å². The number of nitrogens with zero attached hydrogens (tertiary/aromatic N) is 3. The molecular weight excluding hydrogens is 224 g/mol. The van der Waals surface area contributed by atoms with Gasteiger partial charge in [0.15, 0.2) is 0 Å². The Bertz CT molecular complexity index is 600. The van der Waals surface area contributed by atoms with Crippen LogP contribution >= 0.6 is 0 Å². The molecule has 2 aromatic carbocycles. The maximum Gasteiger partial charge on any atom is 0.123 e. The van der Waals surface area contributed by atoms with Gasteiger partial charge in [0, 0.05) is 17.1 Å². The number of anilines is 2. The quantitative estimate of drug-likeness (QED) is 0.760. The Labute approximate surface area is 105 Å². The van der Waals surface area contributed by atoms with Crippen LogP contribution in [0.3, 0.4) is 0 Å². The van der Waals surface area contributed by atoms with Crippen LogP contribution in [0.4, 0.5) is 11.4 Å². The van der Waals surface area contributed by atoms with Crippen molar-refractivity contribution in [2.75, 3.05) is 5.32 Å². The van der Waals surface area contributed by atoms with Crippen molar-refractivity contribution in [1.82, 2.24) is 14.8 Å². The van der Waals surface area contributed by atoms with Crippen LogP contribution in [0.2, 0.25) is 0 Å². The van der Waals surface area contributed by atoms with Gasteiger partial charge in [-0.25, -0.2) is 0 Å². The summed E-state index contributed by atoms with van der Waals surface area (Å²) in [4.78, 5) is 0. The third-order valence-corrected chi connectivity index (χ3v) is 2.65. The van der Waals surface area contributed by atoms with Crippen molar-refractivity contribution in [3.8, 4) is 5.69 Å². The van der Waals surface area contributed by atoms with Crippen LogP contribution in [0.5, 0.6) is 0 Å². The van der Waals surface area contributed by atoms with Crippen LogP contribution in [0.1, 0.15) is 0 Å². The number of rotatable bonds is 3. The Morgan fingerprint density at radius 1 is 0.722 bits per heavy atom. The summed E-state index contributed by atoms with van der Waals surface area (Å²) in [5.41, 5.74) is 3.17. The molecule has 4 heteroatoms. The van der Waals surface area contributed by atoms with E-state index in [0.717, 1.165) is 17.1 Å². The van der Waals surface area contributed by atoms with Gasteiger partial charge in [-0.1, -0.05) is 18.2 Å². The van der Waals surface area contributed by atoms with Crippen LogP contribution in [0.25, 0.3) is 5.69 Å². The zero-order valence-electron chi connectivity index (χ0n) is 9.69. The van der Waals surface area contributed by atoms with E-state index in [-0.39, 0.29) is 0 Å². The van der Waals surface area contributed by atoms with Gasteiger partial charge >= 0.3 is 0 Å². The van der Waals surface area contributed by atoms with Crippen molar-refractivity contribution in [3.63, 3.8) is 0 Å². The number of benzene rings is 2. The van der Waals surface area contributed by atoms with Gasteiger partial charge < -0.3 is 5.32 Å². The standard InChI is InChI=1S/C14H12N4/c1-2-4-12(5-3-1)17-13-6-8-14(9-7-13)18-10-15-16-11-18/h1-11,17H. The van der Waals surface area contributed by atoms with Crippen molar-refractivity contribution in [3.05, 3.63) is 67.3 Å². The van der Waals surface area contributed by atoms with Crippen LogP contribution in [-0.2, 0) is 0 Å². The highest BCUT2D eigenvalue weighted by molar-refractivity contribution is 5.60. The van der Waals surface area contributed by atoms with Gasteiger partial charge in [0.25, 0.3) is 0 Å². The zero-order chi connectivity index (χ0) is 12.2. The maximum absolute atomic E-state index is 3.79. The number of aromatic nitrogens is 3. The third kappa shape index (κ3) is 2.22. The van der Waals surface area contributed by atoms with E-state index in [1.54, 1.807) is 12.7 Å². The first-order valence-corrected chi connectivity index (χ1v) is 5.69. The molecule has 3 rings (SSSR count). The molecule has 0 amide bonds. The highest BCUT2D eigenvalue weighted by Crippen LogP contribution is 2.17. The Balaban J connectivity index is 1.80. The molecule has 0 aliphatic rings. The lowest BCUT2D eigenvalue weighted by Gasteiger charge is -2.07. The number of para-hydroxylation sites is 1. The summed E-state index contributed by atoms with van der Waals surface area (Å²) in [6.45, 7) is 0. The van der Waals surface area contributed by atoms with Crippen LogP contribution in [-0.4, -0.2) is 14.8 Å². The first-order valence-electron chi connectivity index (χ1n) is 5.69. The van der Waals surface area contributed by atoms with Crippen LogP contribution in [0.15, 0.2) is 67.3 Å². The predicted molar refractivity (Wildman–Crippen MR) is 71.1 cm³/mol.